The Labute approximate surface area is 169 Å². The predicted molar refractivity (Wildman–Crippen MR) is 106 cm³/mol. The van der Waals surface area contributed by atoms with Crippen molar-refractivity contribution >= 4 is 6.09 Å². The molecule has 2 saturated heterocycles. The number of carbonyl (C=O) groups is 1. The lowest BCUT2D eigenvalue weighted by atomic mass is 9.85. The summed E-state index contributed by atoms with van der Waals surface area (Å²) >= 11 is 0. The maximum absolute atomic E-state index is 13.5. The van der Waals surface area contributed by atoms with Crippen LogP contribution in [0.5, 0.6) is 0 Å². The first-order chi connectivity index (χ1) is 14.2. The van der Waals surface area contributed by atoms with Gasteiger partial charge in [0.2, 0.25) is 0 Å². The normalized spacial score (nSPS) is 28.5. The van der Waals surface area contributed by atoms with Crippen LogP contribution in [0, 0.1) is 17.7 Å². The lowest BCUT2D eigenvalue weighted by molar-refractivity contribution is -0.104. The minimum absolute atomic E-state index is 0.122. The van der Waals surface area contributed by atoms with Gasteiger partial charge in [0.25, 0.3) is 0 Å². The number of fused-ring (bicyclic) bond motifs is 3. The molecule has 3 aliphatic rings. The zero-order valence-electron chi connectivity index (χ0n) is 16.2. The monoisotopic (exact) mass is 396 g/mol. The van der Waals surface area contributed by atoms with Crippen LogP contribution in [-0.2, 0) is 15.9 Å². The summed E-state index contributed by atoms with van der Waals surface area (Å²) in [5, 5.41) is 3.40. The van der Waals surface area contributed by atoms with E-state index in [0.29, 0.717) is 19.8 Å². The Hall–Kier alpha value is -2.44. The molecule has 2 fully saturated rings. The highest BCUT2D eigenvalue weighted by molar-refractivity contribution is 5.70. The SMILES string of the molecule is O=C(OC1[C@@H]2CNC[C@@H]1COC2)N1CCc2ccccc2[C@@H]1c1ccc(F)cc1. The standard InChI is InChI=1S/C23H25FN2O3/c24-19-7-5-16(6-8-19)21-20-4-2-1-3-15(20)9-10-26(21)23(27)29-22-17-11-25-12-18(22)14-28-13-17/h1-8,17-18,21-22,25H,9-14H2/t17-,18-,21+/m1/s1. The lowest BCUT2D eigenvalue weighted by Crippen LogP contribution is -2.56. The number of rotatable bonds is 2. The summed E-state index contributed by atoms with van der Waals surface area (Å²) in [4.78, 5) is 15.1. The van der Waals surface area contributed by atoms with E-state index in [1.54, 1.807) is 17.0 Å². The van der Waals surface area contributed by atoms with E-state index in [1.165, 1.54) is 17.7 Å². The van der Waals surface area contributed by atoms with Crippen LogP contribution in [-0.4, -0.2) is 49.9 Å². The van der Waals surface area contributed by atoms with Crippen LogP contribution in [0.2, 0.25) is 0 Å². The molecule has 0 saturated carbocycles. The maximum Gasteiger partial charge on any atom is 0.410 e. The smallest absolute Gasteiger partial charge is 0.410 e. The van der Waals surface area contributed by atoms with Crippen molar-refractivity contribution in [3.8, 4) is 0 Å². The molecule has 0 unspecified atom stereocenters. The highest BCUT2D eigenvalue weighted by Gasteiger charge is 2.42. The van der Waals surface area contributed by atoms with E-state index >= 15 is 0 Å². The fraction of sp³-hybridized carbons (Fsp3) is 0.435. The third-order valence-electron chi connectivity index (χ3n) is 6.35. The summed E-state index contributed by atoms with van der Waals surface area (Å²) in [5.41, 5.74) is 3.19. The lowest BCUT2D eigenvalue weighted by Gasteiger charge is -2.44. The third-order valence-corrected chi connectivity index (χ3v) is 6.35. The number of piperidine rings is 1. The number of nitrogens with zero attached hydrogens (tertiary/aromatic N) is 1. The molecule has 2 bridgehead atoms. The fourth-order valence-corrected chi connectivity index (χ4v) is 4.89. The molecular weight excluding hydrogens is 371 g/mol. The molecule has 5 nitrogen and oxygen atoms in total. The zero-order chi connectivity index (χ0) is 19.8. The van der Waals surface area contributed by atoms with Crippen LogP contribution in [0.3, 0.4) is 0 Å². The van der Waals surface area contributed by atoms with Crippen LogP contribution < -0.4 is 5.32 Å². The van der Waals surface area contributed by atoms with E-state index in [9.17, 15) is 9.18 Å². The zero-order valence-corrected chi connectivity index (χ0v) is 16.2. The summed E-state index contributed by atoms with van der Waals surface area (Å²) in [5.74, 6) is 0.0927. The van der Waals surface area contributed by atoms with E-state index in [1.807, 2.05) is 12.1 Å². The molecule has 0 radical (unpaired) electrons. The van der Waals surface area contributed by atoms with Gasteiger partial charge in [0.15, 0.2) is 0 Å². The van der Waals surface area contributed by atoms with Crippen molar-refractivity contribution in [2.45, 2.75) is 18.6 Å². The van der Waals surface area contributed by atoms with Gasteiger partial charge in [-0.15, -0.1) is 0 Å². The molecule has 29 heavy (non-hydrogen) atoms. The van der Waals surface area contributed by atoms with Crippen molar-refractivity contribution in [2.75, 3.05) is 32.8 Å². The molecule has 3 aliphatic heterocycles. The second-order valence-electron chi connectivity index (χ2n) is 8.16. The summed E-state index contributed by atoms with van der Waals surface area (Å²) in [6, 6.07) is 14.3. The third kappa shape index (κ3) is 3.51. The van der Waals surface area contributed by atoms with Gasteiger partial charge in [0, 0.05) is 31.5 Å². The average molecular weight is 396 g/mol. The number of amides is 1. The Morgan fingerprint density at radius 2 is 1.79 bits per heavy atom. The summed E-state index contributed by atoms with van der Waals surface area (Å²) in [7, 11) is 0. The fourth-order valence-electron chi connectivity index (χ4n) is 4.89. The largest absolute Gasteiger partial charge is 0.445 e. The summed E-state index contributed by atoms with van der Waals surface area (Å²) in [6.07, 6.45) is 0.367. The Morgan fingerprint density at radius 1 is 1.07 bits per heavy atom. The molecule has 1 amide bonds. The first kappa shape index (κ1) is 18.6. The molecule has 3 heterocycles. The summed E-state index contributed by atoms with van der Waals surface area (Å²) < 4.78 is 25.3. The number of hydrogen-bond acceptors (Lipinski definition) is 4. The predicted octanol–water partition coefficient (Wildman–Crippen LogP) is 3.14. The van der Waals surface area contributed by atoms with Crippen LogP contribution in [0.4, 0.5) is 9.18 Å². The molecule has 0 aliphatic carbocycles. The highest BCUT2D eigenvalue weighted by Crippen LogP contribution is 2.36. The van der Waals surface area contributed by atoms with Gasteiger partial charge < -0.3 is 14.8 Å². The number of nitrogens with one attached hydrogen (secondary N) is 1. The van der Waals surface area contributed by atoms with Gasteiger partial charge in [0.1, 0.15) is 11.9 Å². The van der Waals surface area contributed by atoms with Crippen LogP contribution in [0.15, 0.2) is 48.5 Å². The second-order valence-corrected chi connectivity index (χ2v) is 8.16. The molecule has 1 N–H and O–H groups in total. The van der Waals surface area contributed by atoms with Gasteiger partial charge in [-0.1, -0.05) is 36.4 Å². The average Bonchev–Trinajstić information content (AvgIpc) is 2.73. The van der Waals surface area contributed by atoms with Crippen molar-refractivity contribution in [3.63, 3.8) is 0 Å². The highest BCUT2D eigenvalue weighted by atomic mass is 19.1. The molecule has 0 aromatic heterocycles. The summed E-state index contributed by atoms with van der Waals surface area (Å²) in [6.45, 7) is 3.42. The van der Waals surface area contributed by atoms with Crippen LogP contribution in [0.25, 0.3) is 0 Å². The molecule has 0 spiro atoms. The van der Waals surface area contributed by atoms with Gasteiger partial charge in [0.05, 0.1) is 19.3 Å². The first-order valence-corrected chi connectivity index (χ1v) is 10.3. The molecule has 2 aromatic rings. The first-order valence-electron chi connectivity index (χ1n) is 10.3. The molecule has 152 valence electrons. The van der Waals surface area contributed by atoms with Crippen molar-refractivity contribution in [1.29, 1.82) is 0 Å². The van der Waals surface area contributed by atoms with Gasteiger partial charge in [-0.05, 0) is 35.2 Å². The molecule has 3 atom stereocenters. The Balaban J connectivity index is 1.44. The second kappa shape index (κ2) is 7.76. The number of halogens is 1. The van der Waals surface area contributed by atoms with Crippen LogP contribution >= 0.6 is 0 Å². The van der Waals surface area contributed by atoms with Crippen molar-refractivity contribution in [3.05, 3.63) is 71.0 Å². The van der Waals surface area contributed by atoms with Crippen molar-refractivity contribution in [1.82, 2.24) is 10.2 Å². The number of ether oxygens (including phenoxy) is 2. The van der Waals surface area contributed by atoms with Gasteiger partial charge in [-0.25, -0.2) is 9.18 Å². The van der Waals surface area contributed by atoms with Crippen molar-refractivity contribution in [2.24, 2.45) is 11.8 Å². The Kier molecular flexibility index (Phi) is 4.97. The van der Waals surface area contributed by atoms with Crippen LogP contribution in [0.1, 0.15) is 22.7 Å². The van der Waals surface area contributed by atoms with Gasteiger partial charge >= 0.3 is 6.09 Å². The van der Waals surface area contributed by atoms with Crippen molar-refractivity contribution < 1.29 is 18.7 Å². The molecule has 6 heteroatoms. The van der Waals surface area contributed by atoms with E-state index in [4.69, 9.17) is 9.47 Å². The maximum atomic E-state index is 13.5. The van der Waals surface area contributed by atoms with Gasteiger partial charge in [-0.2, -0.15) is 0 Å². The quantitative estimate of drug-likeness (QED) is 0.847. The molecule has 5 rings (SSSR count). The van der Waals surface area contributed by atoms with E-state index in [2.05, 4.69) is 17.4 Å². The van der Waals surface area contributed by atoms with Gasteiger partial charge in [-0.3, -0.25) is 4.90 Å². The number of carbonyl (C=O) groups excluding carboxylic acids is 1. The number of benzene rings is 2. The Bertz CT molecular complexity index is 866. The molecule has 2 aromatic carbocycles. The number of hydrogen-bond donors (Lipinski definition) is 1. The van der Waals surface area contributed by atoms with E-state index < -0.39 is 0 Å². The minimum atomic E-state index is -0.294. The Morgan fingerprint density at radius 3 is 2.55 bits per heavy atom. The minimum Gasteiger partial charge on any atom is -0.445 e. The van der Waals surface area contributed by atoms with E-state index in [0.717, 1.165) is 30.6 Å². The van der Waals surface area contributed by atoms with E-state index in [-0.39, 0.29) is 35.9 Å². The molecular formula is C23H25FN2O3. The topological polar surface area (TPSA) is 50.8 Å².